The zero-order valence-electron chi connectivity index (χ0n) is 10.1. The molecule has 0 aliphatic heterocycles. The molecule has 1 aromatic carbocycles. The van der Waals surface area contributed by atoms with E-state index in [2.05, 4.69) is 30.1 Å². The minimum atomic E-state index is 0.957. The first-order chi connectivity index (χ1) is 7.93. The van der Waals surface area contributed by atoms with E-state index in [0.29, 0.717) is 0 Å². The first-order valence-electron chi connectivity index (χ1n) is 6.15. The molecule has 0 aromatic heterocycles. The average Bonchev–Trinajstić information content (AvgIpc) is 2.34. The molecule has 1 aromatic rings. The normalized spacial score (nSPS) is 11.6. The van der Waals surface area contributed by atoms with Gasteiger partial charge >= 0.3 is 0 Å². The van der Waals surface area contributed by atoms with Crippen molar-refractivity contribution in [1.82, 2.24) is 0 Å². The highest BCUT2D eigenvalue weighted by molar-refractivity contribution is 5.78. The Morgan fingerprint density at radius 2 is 1.88 bits per heavy atom. The Bertz CT molecular complexity index is 311. The van der Waals surface area contributed by atoms with Crippen LogP contribution in [0.25, 0.3) is 6.08 Å². The van der Waals surface area contributed by atoms with Gasteiger partial charge in [-0.05, 0) is 18.1 Å². The lowest BCUT2D eigenvalue weighted by Crippen LogP contribution is -1.81. The van der Waals surface area contributed by atoms with Crippen LogP contribution in [-0.2, 0) is 0 Å². The quantitative estimate of drug-likeness (QED) is 0.473. The molecule has 0 saturated carbocycles. The number of rotatable bonds is 7. The summed E-state index contributed by atoms with van der Waals surface area (Å²) in [7, 11) is 0. The van der Waals surface area contributed by atoms with Crippen LogP contribution in [0.4, 0.5) is 0 Å². The summed E-state index contributed by atoms with van der Waals surface area (Å²) in [6.07, 6.45) is 11.1. The molecule has 0 saturated heterocycles. The van der Waals surface area contributed by atoms with Crippen LogP contribution >= 0.6 is 0 Å². The second-order valence-corrected chi connectivity index (χ2v) is 3.89. The zero-order chi connectivity index (χ0) is 11.5. The van der Waals surface area contributed by atoms with Gasteiger partial charge < -0.3 is 0 Å². The van der Waals surface area contributed by atoms with Crippen LogP contribution in [0.1, 0.15) is 38.2 Å². The van der Waals surface area contributed by atoms with E-state index in [1.54, 1.807) is 0 Å². The fourth-order valence-corrected chi connectivity index (χ4v) is 1.48. The third kappa shape index (κ3) is 6.18. The van der Waals surface area contributed by atoms with Crippen molar-refractivity contribution >= 4 is 12.3 Å². The van der Waals surface area contributed by atoms with Crippen LogP contribution in [0.5, 0.6) is 0 Å². The minimum Gasteiger partial charge on any atom is -0.293 e. The van der Waals surface area contributed by atoms with Crippen molar-refractivity contribution in [1.29, 1.82) is 0 Å². The van der Waals surface area contributed by atoms with Gasteiger partial charge in [0.05, 0.1) is 0 Å². The Kier molecular flexibility index (Phi) is 7.06. The third-order valence-electron chi connectivity index (χ3n) is 2.42. The molecule has 0 spiro atoms. The molecule has 1 nitrogen and oxygen atoms in total. The molecule has 16 heavy (non-hydrogen) atoms. The molecule has 1 rings (SSSR count). The highest BCUT2D eigenvalue weighted by atomic mass is 14.7. The fraction of sp³-hybridized carbons (Fsp3) is 0.400. The molecule has 86 valence electrons. The van der Waals surface area contributed by atoms with E-state index in [0.717, 1.165) is 6.54 Å². The number of benzene rings is 1. The number of aliphatic imine (C=N–C) groups is 1. The fourth-order valence-electron chi connectivity index (χ4n) is 1.48. The van der Waals surface area contributed by atoms with E-state index in [4.69, 9.17) is 0 Å². The molecule has 0 fully saturated rings. The van der Waals surface area contributed by atoms with Gasteiger partial charge in [-0.2, -0.15) is 0 Å². The number of allylic oxidation sites excluding steroid dienone is 1. The maximum atomic E-state index is 4.35. The number of hydrogen-bond acceptors (Lipinski definition) is 1. The van der Waals surface area contributed by atoms with Gasteiger partial charge in [-0.15, -0.1) is 0 Å². The predicted molar refractivity (Wildman–Crippen MR) is 73.0 cm³/mol. The molecule has 0 amide bonds. The molecule has 0 heterocycles. The minimum absolute atomic E-state index is 0.957. The van der Waals surface area contributed by atoms with Gasteiger partial charge in [0, 0.05) is 12.8 Å². The van der Waals surface area contributed by atoms with Crippen molar-refractivity contribution in [3.8, 4) is 0 Å². The first-order valence-corrected chi connectivity index (χ1v) is 6.15. The average molecular weight is 215 g/mol. The molecular formula is C15H21N. The summed E-state index contributed by atoms with van der Waals surface area (Å²) in [5.41, 5.74) is 1.22. The van der Waals surface area contributed by atoms with Crippen LogP contribution in [0.2, 0.25) is 0 Å². The standard InChI is InChI=1S/C15H21N/c1-2-3-4-8-13-16-14-9-12-15-10-6-5-7-11-15/h5-7,9-12,14H,2-4,8,13H2,1H3. The monoisotopic (exact) mass is 215 g/mol. The maximum Gasteiger partial charge on any atom is 0.0389 e. The van der Waals surface area contributed by atoms with Gasteiger partial charge in [0.15, 0.2) is 0 Å². The summed E-state index contributed by atoms with van der Waals surface area (Å²) in [6, 6.07) is 10.3. The lowest BCUT2D eigenvalue weighted by molar-refractivity contribution is 0.676. The van der Waals surface area contributed by atoms with E-state index in [1.807, 2.05) is 30.5 Å². The largest absolute Gasteiger partial charge is 0.293 e. The van der Waals surface area contributed by atoms with Crippen molar-refractivity contribution in [2.75, 3.05) is 6.54 Å². The molecule has 0 unspecified atom stereocenters. The molecule has 0 aliphatic rings. The summed E-state index contributed by atoms with van der Waals surface area (Å²) in [5.74, 6) is 0. The number of unbranched alkanes of at least 4 members (excludes halogenated alkanes) is 3. The SMILES string of the molecule is CCCCCCN=CC=Cc1ccccc1. The van der Waals surface area contributed by atoms with E-state index < -0.39 is 0 Å². The van der Waals surface area contributed by atoms with Crippen LogP contribution in [0.3, 0.4) is 0 Å². The van der Waals surface area contributed by atoms with Gasteiger partial charge in [-0.3, -0.25) is 4.99 Å². The highest BCUT2D eigenvalue weighted by Crippen LogP contribution is 2.00. The number of nitrogens with zero attached hydrogens (tertiary/aromatic N) is 1. The molecule has 0 bridgehead atoms. The smallest absolute Gasteiger partial charge is 0.0389 e. The Morgan fingerprint density at radius 1 is 1.06 bits per heavy atom. The van der Waals surface area contributed by atoms with Crippen molar-refractivity contribution in [2.24, 2.45) is 4.99 Å². The zero-order valence-corrected chi connectivity index (χ0v) is 10.1. The Morgan fingerprint density at radius 3 is 2.62 bits per heavy atom. The van der Waals surface area contributed by atoms with Gasteiger partial charge in [-0.1, -0.05) is 62.6 Å². The van der Waals surface area contributed by atoms with Gasteiger partial charge in [0.25, 0.3) is 0 Å². The lowest BCUT2D eigenvalue weighted by atomic mass is 10.2. The summed E-state index contributed by atoms with van der Waals surface area (Å²) < 4.78 is 0. The lowest BCUT2D eigenvalue weighted by Gasteiger charge is -1.93. The second-order valence-electron chi connectivity index (χ2n) is 3.89. The summed E-state index contributed by atoms with van der Waals surface area (Å²) in [4.78, 5) is 4.35. The summed E-state index contributed by atoms with van der Waals surface area (Å²) in [5, 5.41) is 0. The summed E-state index contributed by atoms with van der Waals surface area (Å²) in [6.45, 7) is 3.19. The van der Waals surface area contributed by atoms with Gasteiger partial charge in [0.1, 0.15) is 0 Å². The summed E-state index contributed by atoms with van der Waals surface area (Å²) >= 11 is 0. The van der Waals surface area contributed by atoms with Crippen molar-refractivity contribution in [3.63, 3.8) is 0 Å². The Labute approximate surface area is 98.9 Å². The Hall–Kier alpha value is -1.37. The van der Waals surface area contributed by atoms with Crippen molar-refractivity contribution < 1.29 is 0 Å². The predicted octanol–water partition coefficient (Wildman–Crippen LogP) is 4.35. The van der Waals surface area contributed by atoms with E-state index in [9.17, 15) is 0 Å². The van der Waals surface area contributed by atoms with Gasteiger partial charge in [0.2, 0.25) is 0 Å². The van der Waals surface area contributed by atoms with Crippen LogP contribution in [0, 0.1) is 0 Å². The molecule has 0 N–H and O–H groups in total. The Balaban J connectivity index is 2.14. The van der Waals surface area contributed by atoms with Crippen LogP contribution in [-0.4, -0.2) is 12.8 Å². The van der Waals surface area contributed by atoms with Gasteiger partial charge in [-0.25, -0.2) is 0 Å². The highest BCUT2D eigenvalue weighted by Gasteiger charge is 1.84. The van der Waals surface area contributed by atoms with Crippen LogP contribution in [0.15, 0.2) is 41.4 Å². The molecule has 0 aliphatic carbocycles. The topological polar surface area (TPSA) is 12.4 Å². The molecular weight excluding hydrogens is 194 g/mol. The third-order valence-corrected chi connectivity index (χ3v) is 2.42. The van der Waals surface area contributed by atoms with Crippen molar-refractivity contribution in [3.05, 3.63) is 42.0 Å². The molecule has 1 heteroatoms. The van der Waals surface area contributed by atoms with Crippen molar-refractivity contribution in [2.45, 2.75) is 32.6 Å². The second kappa shape index (κ2) is 8.90. The maximum absolute atomic E-state index is 4.35. The molecule has 0 atom stereocenters. The first kappa shape index (κ1) is 12.7. The number of hydrogen-bond donors (Lipinski definition) is 0. The van der Waals surface area contributed by atoms with E-state index >= 15 is 0 Å². The van der Waals surface area contributed by atoms with E-state index in [-0.39, 0.29) is 0 Å². The van der Waals surface area contributed by atoms with Crippen LogP contribution < -0.4 is 0 Å². The van der Waals surface area contributed by atoms with E-state index in [1.165, 1.54) is 31.2 Å². The molecule has 0 radical (unpaired) electrons.